The molecular weight excluding hydrogens is 701 g/mol. The molecule has 2 aromatic carbocycles. The number of benzene rings is 2. The van der Waals surface area contributed by atoms with Crippen LogP contribution >= 0.6 is 0 Å². The Bertz CT molecular complexity index is 1540. The zero-order chi connectivity index (χ0) is 38.8. The van der Waals surface area contributed by atoms with Gasteiger partial charge in [0.2, 0.25) is 10.0 Å². The Balaban J connectivity index is 0.939. The van der Waals surface area contributed by atoms with Gasteiger partial charge >= 0.3 is 5.97 Å². The Morgan fingerprint density at radius 3 is 1.76 bits per heavy atom. The fourth-order valence-electron chi connectivity index (χ4n) is 8.06. The molecule has 0 amide bonds. The van der Waals surface area contributed by atoms with E-state index in [2.05, 4.69) is 4.72 Å². The molecule has 1 fully saturated rings. The van der Waals surface area contributed by atoms with Gasteiger partial charge in [0, 0.05) is 42.7 Å². The highest BCUT2D eigenvalue weighted by atomic mass is 32.2. The zero-order valence-corrected chi connectivity index (χ0v) is 34.3. The summed E-state index contributed by atoms with van der Waals surface area (Å²) < 4.78 is 40.3. The number of nitrogens with zero attached hydrogens (tertiary/aromatic N) is 1. The highest BCUT2D eigenvalue weighted by Gasteiger charge is 2.34. The Labute approximate surface area is 326 Å². The van der Waals surface area contributed by atoms with Crippen molar-refractivity contribution in [2.24, 2.45) is 0 Å². The van der Waals surface area contributed by atoms with Crippen LogP contribution in [-0.4, -0.2) is 75.8 Å². The molecule has 2 aliphatic rings. The van der Waals surface area contributed by atoms with Crippen molar-refractivity contribution in [3.05, 3.63) is 48.0 Å². The molecular formula is C44H70N2O7S. The van der Waals surface area contributed by atoms with Gasteiger partial charge in [0.1, 0.15) is 6.10 Å². The molecule has 0 unspecified atom stereocenters. The van der Waals surface area contributed by atoms with Crippen LogP contribution in [0.5, 0.6) is 0 Å². The van der Waals surface area contributed by atoms with Gasteiger partial charge in [0.25, 0.3) is 0 Å². The first kappa shape index (κ1) is 44.2. The van der Waals surface area contributed by atoms with E-state index in [1.807, 2.05) is 56.3 Å². The first-order valence-corrected chi connectivity index (χ1v) is 22.7. The van der Waals surface area contributed by atoms with Crippen LogP contribution < -0.4 is 9.62 Å². The topological polar surface area (TPSA) is 125 Å². The molecule has 2 heterocycles. The summed E-state index contributed by atoms with van der Waals surface area (Å²) >= 11 is 0. The molecule has 1 saturated heterocycles. The summed E-state index contributed by atoms with van der Waals surface area (Å²) in [6.07, 6.45) is 23.6. The maximum absolute atomic E-state index is 13.1. The molecule has 9 nitrogen and oxygen atoms in total. The smallest absolute Gasteiger partial charge is 0.334 e. The fourth-order valence-corrected chi connectivity index (χ4v) is 9.35. The average molecular weight is 771 g/mol. The molecule has 0 bridgehead atoms. The van der Waals surface area contributed by atoms with Crippen molar-refractivity contribution in [3.63, 3.8) is 0 Å². The highest BCUT2D eigenvalue weighted by Crippen LogP contribution is 2.31. The monoisotopic (exact) mass is 770 g/mol. The second kappa shape index (κ2) is 23.5. The van der Waals surface area contributed by atoms with Crippen molar-refractivity contribution in [2.75, 3.05) is 25.5 Å². The van der Waals surface area contributed by atoms with Crippen LogP contribution in [0.15, 0.2) is 52.9 Å². The predicted molar refractivity (Wildman–Crippen MR) is 219 cm³/mol. The number of nitrogens with one attached hydrogen (secondary N) is 1. The quantitative estimate of drug-likeness (QED) is 0.0578. The van der Waals surface area contributed by atoms with E-state index in [0.717, 1.165) is 118 Å². The molecule has 5 atom stereocenters. The lowest BCUT2D eigenvalue weighted by atomic mass is 10.00. The molecule has 0 aliphatic carbocycles. The number of rotatable bonds is 28. The van der Waals surface area contributed by atoms with E-state index in [1.165, 1.54) is 44.9 Å². The summed E-state index contributed by atoms with van der Waals surface area (Å²) in [7, 11) is 0.320. The average Bonchev–Trinajstić information content (AvgIpc) is 3.78. The minimum Gasteiger partial charge on any atom is -0.455 e. The van der Waals surface area contributed by atoms with E-state index in [9.17, 15) is 23.4 Å². The third-order valence-corrected chi connectivity index (χ3v) is 12.7. The summed E-state index contributed by atoms with van der Waals surface area (Å²) in [5.74, 6) is -0.131. The van der Waals surface area contributed by atoms with E-state index in [1.54, 1.807) is 12.1 Å². The molecule has 0 spiro atoms. The van der Waals surface area contributed by atoms with E-state index < -0.39 is 22.2 Å². The van der Waals surface area contributed by atoms with Gasteiger partial charge in [-0.25, -0.2) is 17.9 Å². The van der Waals surface area contributed by atoms with Crippen LogP contribution in [0, 0.1) is 0 Å². The second-order valence-electron chi connectivity index (χ2n) is 16.0. The maximum atomic E-state index is 13.1. The lowest BCUT2D eigenvalue weighted by Gasteiger charge is -2.22. The van der Waals surface area contributed by atoms with Crippen LogP contribution in [0.25, 0.3) is 10.8 Å². The molecule has 304 valence electrons. The number of esters is 1. The number of ether oxygens (including phenoxy) is 2. The number of unbranched alkanes of at least 4 members (excludes halogenated alkanes) is 15. The number of carbonyl (C=O) groups is 1. The Morgan fingerprint density at radius 2 is 1.22 bits per heavy atom. The number of sulfonamides is 1. The summed E-state index contributed by atoms with van der Waals surface area (Å²) in [5, 5.41) is 23.1. The number of anilines is 1. The second-order valence-corrected chi connectivity index (χ2v) is 17.7. The van der Waals surface area contributed by atoms with Gasteiger partial charge in [-0.15, -0.1) is 0 Å². The van der Waals surface area contributed by atoms with Crippen molar-refractivity contribution in [3.8, 4) is 0 Å². The lowest BCUT2D eigenvalue weighted by Crippen LogP contribution is -2.31. The predicted octanol–water partition coefficient (Wildman–Crippen LogP) is 9.13. The summed E-state index contributed by atoms with van der Waals surface area (Å²) in [6.45, 7) is 2.34. The third kappa shape index (κ3) is 14.5. The first-order chi connectivity index (χ1) is 26.1. The standard InChI is InChI=1S/C44H70N2O7S/c1-34-33-35(44(49)52-34)23-17-13-9-6-4-5-7-10-14-18-27-39(47)41-30-31-42(53-41)40(48)28-19-15-11-8-12-16-20-32-45-54(50,51)43-29-22-24-36-37(43)25-21-26-38(36)46(2)3/h21-22,24-26,29,33-34,39-42,45,47-48H,4-20,23,27-28,30-32H2,1-3H3/t34-,39+,40+,41+,42+/m0/s1. The number of hydrogen-bond donors (Lipinski definition) is 3. The van der Waals surface area contributed by atoms with Crippen LogP contribution in [0.4, 0.5) is 5.69 Å². The van der Waals surface area contributed by atoms with Gasteiger partial charge < -0.3 is 24.6 Å². The van der Waals surface area contributed by atoms with Crippen LogP contribution in [0.3, 0.4) is 0 Å². The van der Waals surface area contributed by atoms with Gasteiger partial charge in [-0.2, -0.15) is 0 Å². The number of aliphatic hydroxyl groups excluding tert-OH is 2. The minimum absolute atomic E-state index is 0.0613. The molecule has 0 saturated carbocycles. The Kier molecular flexibility index (Phi) is 19.3. The molecule has 0 radical (unpaired) electrons. The maximum Gasteiger partial charge on any atom is 0.334 e. The fraction of sp³-hybridized carbons (Fsp3) is 0.705. The number of carbonyl (C=O) groups excluding carboxylic acids is 1. The Hall–Kier alpha value is -2.50. The van der Waals surface area contributed by atoms with Crippen molar-refractivity contribution >= 4 is 32.5 Å². The minimum atomic E-state index is -3.60. The van der Waals surface area contributed by atoms with Crippen LogP contribution in [-0.2, 0) is 24.3 Å². The van der Waals surface area contributed by atoms with Gasteiger partial charge in [0.15, 0.2) is 0 Å². The third-order valence-electron chi connectivity index (χ3n) is 11.2. The molecule has 2 aliphatic heterocycles. The summed E-state index contributed by atoms with van der Waals surface area (Å²) in [6, 6.07) is 11.2. The number of fused-ring (bicyclic) bond motifs is 1. The summed E-state index contributed by atoms with van der Waals surface area (Å²) in [5.41, 5.74) is 1.85. The van der Waals surface area contributed by atoms with Crippen molar-refractivity contribution in [1.82, 2.24) is 4.72 Å². The van der Waals surface area contributed by atoms with Gasteiger partial charge in [-0.1, -0.05) is 121 Å². The zero-order valence-electron chi connectivity index (χ0n) is 33.5. The van der Waals surface area contributed by atoms with Gasteiger partial charge in [0.05, 0.1) is 29.3 Å². The molecule has 10 heteroatoms. The SMILES string of the molecule is C[C@H]1C=C(CCCCCCCCCCCC[C@@H](O)[C@H]2CC[C@H]([C@H](O)CCCCCCCCCNS(=O)(=O)c3cccc4c(N(C)C)cccc34)O2)C(=O)O1. The first-order valence-electron chi connectivity index (χ1n) is 21.2. The molecule has 54 heavy (non-hydrogen) atoms. The van der Waals surface area contributed by atoms with Gasteiger partial charge in [-0.3, -0.25) is 0 Å². The van der Waals surface area contributed by atoms with Crippen molar-refractivity contribution < 1.29 is 32.9 Å². The molecule has 0 aromatic heterocycles. The number of cyclic esters (lactones) is 1. The highest BCUT2D eigenvalue weighted by molar-refractivity contribution is 7.89. The number of hydrogen-bond acceptors (Lipinski definition) is 8. The summed E-state index contributed by atoms with van der Waals surface area (Å²) in [4.78, 5) is 14.0. The van der Waals surface area contributed by atoms with Crippen LogP contribution in [0.2, 0.25) is 0 Å². The van der Waals surface area contributed by atoms with Crippen molar-refractivity contribution in [2.45, 2.75) is 184 Å². The van der Waals surface area contributed by atoms with Crippen molar-refractivity contribution in [1.29, 1.82) is 0 Å². The van der Waals surface area contributed by atoms with E-state index in [0.29, 0.717) is 11.4 Å². The normalized spacial score (nSPS) is 20.0. The Morgan fingerprint density at radius 1 is 0.722 bits per heavy atom. The molecule has 2 aromatic rings. The van der Waals surface area contributed by atoms with E-state index in [4.69, 9.17) is 9.47 Å². The van der Waals surface area contributed by atoms with E-state index >= 15 is 0 Å². The largest absolute Gasteiger partial charge is 0.455 e. The number of aliphatic hydroxyl groups is 2. The molecule has 4 rings (SSSR count). The van der Waals surface area contributed by atoms with Gasteiger partial charge in [-0.05, 0) is 70.1 Å². The lowest BCUT2D eigenvalue weighted by molar-refractivity contribution is -0.139. The van der Waals surface area contributed by atoms with E-state index in [-0.39, 0.29) is 24.3 Å². The van der Waals surface area contributed by atoms with Crippen LogP contribution in [0.1, 0.15) is 148 Å². The molecule has 3 N–H and O–H groups in total.